The van der Waals surface area contributed by atoms with Gasteiger partial charge >= 0.3 is 6.09 Å². The van der Waals surface area contributed by atoms with Crippen molar-refractivity contribution in [3.63, 3.8) is 0 Å². The molecular weight excluding hydrogens is 420 g/mol. The number of amides is 1. The molecule has 1 aliphatic carbocycles. The lowest BCUT2D eigenvalue weighted by molar-refractivity contribution is 0.0488. The number of rotatable bonds is 4. The van der Waals surface area contributed by atoms with Crippen LogP contribution in [0.1, 0.15) is 62.4 Å². The number of alkyl carbamates (subject to hydrolysis) is 1. The van der Waals surface area contributed by atoms with Gasteiger partial charge in [0.2, 0.25) is 0 Å². The van der Waals surface area contributed by atoms with Gasteiger partial charge in [0.05, 0.1) is 5.03 Å². The monoisotopic (exact) mass is 448 g/mol. The number of nitrogens with one attached hydrogen (secondary N) is 1. The Bertz CT molecular complexity index is 1250. The smallest absolute Gasteiger partial charge is 0.409 e. The number of hydrogen-bond acceptors (Lipinski definition) is 4. The lowest BCUT2D eigenvalue weighted by Gasteiger charge is -2.23. The van der Waals surface area contributed by atoms with Gasteiger partial charge in [0, 0.05) is 11.8 Å². The normalized spacial score (nSPS) is 17.9. The van der Waals surface area contributed by atoms with Crippen LogP contribution in [0, 0.1) is 0 Å². The first-order chi connectivity index (χ1) is 15.3. The van der Waals surface area contributed by atoms with Crippen LogP contribution in [-0.2, 0) is 11.2 Å². The van der Waals surface area contributed by atoms with Gasteiger partial charge in [-0.3, -0.25) is 14.7 Å². The molecule has 1 fully saturated rings. The fourth-order valence-electron chi connectivity index (χ4n) is 4.50. The Morgan fingerprint density at radius 3 is 2.62 bits per heavy atom. The molecule has 1 aromatic heterocycles. The molecule has 1 atom stereocenters. The summed E-state index contributed by atoms with van der Waals surface area (Å²) in [5, 5.41) is 6.35. The zero-order chi connectivity index (χ0) is 22.5. The molecule has 1 N–H and O–H groups in total. The maximum Gasteiger partial charge on any atom is 0.409 e. The summed E-state index contributed by atoms with van der Waals surface area (Å²) in [5.74, 6) is 1.13. The summed E-state index contributed by atoms with van der Waals surface area (Å²) in [4.78, 5) is 25.6. The number of benzene rings is 2. The fourth-order valence-corrected chi connectivity index (χ4v) is 5.85. The predicted octanol–water partition coefficient (Wildman–Crippen LogP) is 5.60. The van der Waals surface area contributed by atoms with E-state index in [9.17, 15) is 9.59 Å². The third-order valence-corrected chi connectivity index (χ3v) is 7.12. The molecule has 0 radical (unpaired) electrons. The number of ether oxygens (including phenoxy) is 1. The van der Waals surface area contributed by atoms with Gasteiger partial charge in [-0.1, -0.05) is 42.5 Å². The highest BCUT2D eigenvalue weighted by molar-refractivity contribution is 7.99. The van der Waals surface area contributed by atoms with E-state index in [1.807, 2.05) is 20.8 Å². The van der Waals surface area contributed by atoms with E-state index in [0.29, 0.717) is 11.7 Å². The minimum absolute atomic E-state index is 0.0642. The summed E-state index contributed by atoms with van der Waals surface area (Å²) < 4.78 is 7.17. The quantitative estimate of drug-likeness (QED) is 0.564. The van der Waals surface area contributed by atoms with Gasteiger partial charge in [-0.2, -0.15) is 0 Å². The second-order valence-corrected chi connectivity index (χ2v) is 10.7. The van der Waals surface area contributed by atoms with Crippen molar-refractivity contribution in [3.8, 4) is 0 Å². The Kier molecular flexibility index (Phi) is 5.28. The molecular formula is C26H28N2O3S. The summed E-state index contributed by atoms with van der Waals surface area (Å²) in [6.07, 6.45) is 2.16. The molecule has 1 saturated carbocycles. The molecule has 5 rings (SSSR count). The van der Waals surface area contributed by atoms with Crippen LogP contribution in [0.2, 0.25) is 0 Å². The lowest BCUT2D eigenvalue weighted by Crippen LogP contribution is -2.40. The molecule has 1 amide bonds. The Hall–Kier alpha value is -2.73. The molecule has 0 saturated heterocycles. The van der Waals surface area contributed by atoms with Crippen molar-refractivity contribution in [2.45, 2.75) is 62.7 Å². The first kappa shape index (κ1) is 21.1. The zero-order valence-corrected chi connectivity index (χ0v) is 19.5. The molecule has 6 heteroatoms. The molecule has 2 aromatic carbocycles. The van der Waals surface area contributed by atoms with Crippen molar-refractivity contribution < 1.29 is 9.53 Å². The van der Waals surface area contributed by atoms with E-state index in [-0.39, 0.29) is 11.7 Å². The van der Waals surface area contributed by atoms with Crippen LogP contribution < -0.4 is 10.9 Å². The van der Waals surface area contributed by atoms with E-state index >= 15 is 0 Å². The molecule has 5 nitrogen and oxygen atoms in total. The van der Waals surface area contributed by atoms with Gasteiger partial charge in [-0.05, 0) is 73.4 Å². The highest BCUT2D eigenvalue weighted by atomic mass is 32.2. The van der Waals surface area contributed by atoms with Crippen molar-refractivity contribution in [2.75, 3.05) is 5.75 Å². The van der Waals surface area contributed by atoms with Crippen molar-refractivity contribution in [1.82, 2.24) is 9.88 Å². The van der Waals surface area contributed by atoms with Crippen LogP contribution in [0.5, 0.6) is 0 Å². The molecule has 32 heavy (non-hydrogen) atoms. The maximum absolute atomic E-state index is 13.2. The van der Waals surface area contributed by atoms with E-state index in [0.717, 1.165) is 29.9 Å². The number of pyridine rings is 1. The van der Waals surface area contributed by atoms with E-state index < -0.39 is 11.7 Å². The largest absolute Gasteiger partial charge is 0.444 e. The summed E-state index contributed by atoms with van der Waals surface area (Å²) in [6, 6.07) is 16.5. The van der Waals surface area contributed by atoms with Crippen LogP contribution in [0.25, 0.3) is 10.8 Å². The number of thioether (sulfide) groups is 1. The van der Waals surface area contributed by atoms with Crippen LogP contribution in [0.3, 0.4) is 0 Å². The topological polar surface area (TPSA) is 60.3 Å². The number of hydrogen-bond donors (Lipinski definition) is 1. The third-order valence-electron chi connectivity index (χ3n) is 5.95. The summed E-state index contributed by atoms with van der Waals surface area (Å²) in [6.45, 7) is 5.50. The van der Waals surface area contributed by atoms with Crippen LogP contribution in [-0.4, -0.2) is 22.0 Å². The van der Waals surface area contributed by atoms with Gasteiger partial charge in [-0.25, -0.2) is 4.79 Å². The Morgan fingerprint density at radius 1 is 1.12 bits per heavy atom. The van der Waals surface area contributed by atoms with Crippen molar-refractivity contribution in [1.29, 1.82) is 0 Å². The predicted molar refractivity (Wildman–Crippen MR) is 129 cm³/mol. The second-order valence-electron chi connectivity index (χ2n) is 9.66. The standard InChI is InChI=1S/C26H28N2O3S/c1-26(2,3)31-25(30)27-21-15-32-24-23(17-11-12-17)19(14-22(29)28(21)24)13-18-9-6-8-16-7-4-5-10-20(16)18/h4-10,14,17,21H,11-13,15H2,1-3H3,(H,27,30). The SMILES string of the molecule is CC(C)(C)OC(=O)NC1CSc2c(C3CC3)c(Cc3cccc4ccccc34)cc(=O)n21. The average molecular weight is 449 g/mol. The Morgan fingerprint density at radius 2 is 1.88 bits per heavy atom. The number of carbonyl (C=O) groups is 1. The van der Waals surface area contributed by atoms with E-state index in [4.69, 9.17) is 4.74 Å². The number of carbonyl (C=O) groups excluding carboxylic acids is 1. The Balaban J connectivity index is 1.51. The number of aromatic nitrogens is 1. The minimum Gasteiger partial charge on any atom is -0.444 e. The molecule has 0 spiro atoms. The first-order valence-corrected chi connectivity index (χ1v) is 12.2. The molecule has 0 bridgehead atoms. The van der Waals surface area contributed by atoms with Crippen molar-refractivity contribution in [2.24, 2.45) is 0 Å². The molecule has 2 aliphatic rings. The van der Waals surface area contributed by atoms with Crippen LogP contribution >= 0.6 is 11.8 Å². The molecule has 3 aromatic rings. The Labute approximate surface area is 192 Å². The molecule has 2 heterocycles. The van der Waals surface area contributed by atoms with Gasteiger partial charge in [0.25, 0.3) is 5.56 Å². The van der Waals surface area contributed by atoms with Gasteiger partial charge in [-0.15, -0.1) is 11.8 Å². The van der Waals surface area contributed by atoms with E-state index in [1.54, 1.807) is 22.4 Å². The van der Waals surface area contributed by atoms with Gasteiger partial charge in [0.15, 0.2) is 0 Å². The van der Waals surface area contributed by atoms with Gasteiger partial charge in [0.1, 0.15) is 11.8 Å². The summed E-state index contributed by atoms with van der Waals surface area (Å²) in [5.41, 5.74) is 3.00. The van der Waals surface area contributed by atoms with Crippen molar-refractivity contribution in [3.05, 3.63) is 75.6 Å². The summed E-state index contributed by atoms with van der Waals surface area (Å²) in [7, 11) is 0. The molecule has 166 valence electrons. The zero-order valence-electron chi connectivity index (χ0n) is 18.7. The van der Waals surface area contributed by atoms with E-state index in [1.165, 1.54) is 21.9 Å². The average Bonchev–Trinajstić information content (AvgIpc) is 3.47. The fraction of sp³-hybridized carbons (Fsp3) is 0.385. The number of fused-ring (bicyclic) bond motifs is 2. The third kappa shape index (κ3) is 4.16. The van der Waals surface area contributed by atoms with Crippen LogP contribution in [0.4, 0.5) is 4.79 Å². The second kappa shape index (κ2) is 8.00. The molecule has 1 aliphatic heterocycles. The maximum atomic E-state index is 13.2. The lowest BCUT2D eigenvalue weighted by atomic mass is 9.95. The number of nitrogens with zero attached hydrogens (tertiary/aromatic N) is 1. The summed E-state index contributed by atoms with van der Waals surface area (Å²) >= 11 is 1.67. The van der Waals surface area contributed by atoms with E-state index in [2.05, 4.69) is 47.8 Å². The molecule has 1 unspecified atom stereocenters. The highest BCUT2D eigenvalue weighted by Gasteiger charge is 2.36. The minimum atomic E-state index is -0.578. The van der Waals surface area contributed by atoms with Crippen molar-refractivity contribution >= 4 is 28.6 Å². The van der Waals surface area contributed by atoms with Gasteiger partial charge < -0.3 is 4.74 Å². The highest BCUT2D eigenvalue weighted by Crippen LogP contribution is 2.48. The van der Waals surface area contributed by atoms with Crippen LogP contribution in [0.15, 0.2) is 58.4 Å². The first-order valence-electron chi connectivity index (χ1n) is 11.2.